The maximum absolute atomic E-state index is 5.66. The highest BCUT2D eigenvalue weighted by molar-refractivity contribution is 7.80. The third-order valence-electron chi connectivity index (χ3n) is 2.42. The zero-order chi connectivity index (χ0) is 12.1. The van der Waals surface area contributed by atoms with E-state index < -0.39 is 0 Å². The summed E-state index contributed by atoms with van der Waals surface area (Å²) >= 11 is 5.01. The summed E-state index contributed by atoms with van der Waals surface area (Å²) in [5.74, 6) is 0. The van der Waals surface area contributed by atoms with Crippen LogP contribution in [0.4, 0.5) is 5.69 Å². The van der Waals surface area contributed by atoms with E-state index >= 15 is 0 Å². The van der Waals surface area contributed by atoms with Crippen LogP contribution >= 0.6 is 12.2 Å². The normalized spacial score (nSPS) is 12.2. The van der Waals surface area contributed by atoms with Gasteiger partial charge in [0.1, 0.15) is 4.99 Å². The van der Waals surface area contributed by atoms with Crippen molar-refractivity contribution >= 4 is 22.9 Å². The SMILES string of the molecule is COC(C)CNc1cc(C)ccc1C(N)=S. The first kappa shape index (κ1) is 12.9. The summed E-state index contributed by atoms with van der Waals surface area (Å²) < 4.78 is 5.18. The van der Waals surface area contributed by atoms with Crippen LogP contribution in [0.5, 0.6) is 0 Å². The maximum atomic E-state index is 5.66. The smallest absolute Gasteiger partial charge is 0.106 e. The third-order valence-corrected chi connectivity index (χ3v) is 2.64. The fourth-order valence-electron chi connectivity index (χ4n) is 1.36. The number of nitrogens with one attached hydrogen (secondary N) is 1. The van der Waals surface area contributed by atoms with Gasteiger partial charge in [-0.3, -0.25) is 0 Å². The lowest BCUT2D eigenvalue weighted by molar-refractivity contribution is 0.129. The van der Waals surface area contributed by atoms with Crippen LogP contribution in [-0.4, -0.2) is 24.7 Å². The van der Waals surface area contributed by atoms with Crippen molar-refractivity contribution in [3.05, 3.63) is 29.3 Å². The van der Waals surface area contributed by atoms with E-state index in [0.717, 1.165) is 17.8 Å². The molecule has 0 fully saturated rings. The van der Waals surface area contributed by atoms with Gasteiger partial charge in [0.05, 0.1) is 6.10 Å². The molecular formula is C12H18N2OS. The standard InChI is InChI=1S/C12H18N2OS/c1-8-4-5-10(12(13)16)11(6-8)14-7-9(2)15-3/h4-6,9,14H,7H2,1-3H3,(H2,13,16). The highest BCUT2D eigenvalue weighted by Crippen LogP contribution is 2.17. The van der Waals surface area contributed by atoms with Gasteiger partial charge < -0.3 is 15.8 Å². The van der Waals surface area contributed by atoms with E-state index in [9.17, 15) is 0 Å². The van der Waals surface area contributed by atoms with Crippen molar-refractivity contribution in [1.29, 1.82) is 0 Å². The van der Waals surface area contributed by atoms with Crippen molar-refractivity contribution in [2.45, 2.75) is 20.0 Å². The number of methoxy groups -OCH3 is 1. The monoisotopic (exact) mass is 238 g/mol. The molecule has 16 heavy (non-hydrogen) atoms. The minimum absolute atomic E-state index is 0.153. The van der Waals surface area contributed by atoms with Gasteiger partial charge in [0.2, 0.25) is 0 Å². The van der Waals surface area contributed by atoms with Crippen LogP contribution in [0, 0.1) is 6.92 Å². The Kier molecular flexibility index (Phi) is 4.71. The van der Waals surface area contributed by atoms with Crippen LogP contribution in [0.2, 0.25) is 0 Å². The van der Waals surface area contributed by atoms with Crippen molar-refractivity contribution in [3.8, 4) is 0 Å². The number of rotatable bonds is 5. The van der Waals surface area contributed by atoms with Gasteiger partial charge in [0, 0.05) is 24.9 Å². The summed E-state index contributed by atoms with van der Waals surface area (Å²) in [6.45, 7) is 4.77. The number of ether oxygens (including phenoxy) is 1. The van der Waals surface area contributed by atoms with E-state index in [1.165, 1.54) is 5.56 Å². The van der Waals surface area contributed by atoms with E-state index in [0.29, 0.717) is 4.99 Å². The number of thiocarbonyl (C=S) groups is 1. The Morgan fingerprint density at radius 3 is 2.81 bits per heavy atom. The summed E-state index contributed by atoms with van der Waals surface area (Å²) in [5, 5.41) is 3.29. The molecule has 3 N–H and O–H groups in total. The summed E-state index contributed by atoms with van der Waals surface area (Å²) in [6, 6.07) is 5.98. The third kappa shape index (κ3) is 3.47. The van der Waals surface area contributed by atoms with Crippen LogP contribution in [0.25, 0.3) is 0 Å². The van der Waals surface area contributed by atoms with Crippen LogP contribution < -0.4 is 11.1 Å². The van der Waals surface area contributed by atoms with Crippen LogP contribution in [0.15, 0.2) is 18.2 Å². The number of nitrogens with two attached hydrogens (primary N) is 1. The zero-order valence-corrected chi connectivity index (χ0v) is 10.7. The van der Waals surface area contributed by atoms with Gasteiger partial charge in [-0.15, -0.1) is 0 Å². The molecule has 88 valence electrons. The van der Waals surface area contributed by atoms with Crippen molar-refractivity contribution in [2.75, 3.05) is 19.0 Å². The summed E-state index contributed by atoms with van der Waals surface area (Å²) in [7, 11) is 1.69. The molecule has 3 nitrogen and oxygen atoms in total. The molecule has 1 unspecified atom stereocenters. The van der Waals surface area contributed by atoms with E-state index in [4.69, 9.17) is 22.7 Å². The number of aryl methyl sites for hydroxylation is 1. The Bertz CT molecular complexity index is 379. The number of anilines is 1. The summed E-state index contributed by atoms with van der Waals surface area (Å²) in [4.78, 5) is 0.410. The predicted molar refractivity (Wildman–Crippen MR) is 72.0 cm³/mol. The molecule has 0 spiro atoms. The van der Waals surface area contributed by atoms with E-state index in [2.05, 4.69) is 5.32 Å². The molecule has 0 saturated heterocycles. The van der Waals surface area contributed by atoms with Crippen LogP contribution in [0.1, 0.15) is 18.1 Å². The second-order valence-corrected chi connectivity index (χ2v) is 4.28. The molecular weight excluding hydrogens is 220 g/mol. The van der Waals surface area contributed by atoms with Gasteiger partial charge in [-0.1, -0.05) is 18.3 Å². The minimum atomic E-state index is 0.153. The first-order chi connectivity index (χ1) is 7.54. The summed E-state index contributed by atoms with van der Waals surface area (Å²) in [5.41, 5.74) is 8.68. The molecule has 0 saturated carbocycles. The molecule has 1 atom stereocenters. The minimum Gasteiger partial charge on any atom is -0.389 e. The van der Waals surface area contributed by atoms with Gasteiger partial charge >= 0.3 is 0 Å². The van der Waals surface area contributed by atoms with E-state index in [1.807, 2.05) is 32.0 Å². The van der Waals surface area contributed by atoms with Crippen molar-refractivity contribution in [1.82, 2.24) is 0 Å². The Labute approximate surface area is 102 Å². The molecule has 4 heteroatoms. The second kappa shape index (κ2) is 5.82. The molecule has 0 amide bonds. The van der Waals surface area contributed by atoms with Crippen molar-refractivity contribution in [2.24, 2.45) is 5.73 Å². The average molecular weight is 238 g/mol. The fraction of sp³-hybridized carbons (Fsp3) is 0.417. The lowest BCUT2D eigenvalue weighted by Crippen LogP contribution is -2.20. The molecule has 0 aliphatic carbocycles. The average Bonchev–Trinajstić information content (AvgIpc) is 2.25. The molecule has 1 aromatic rings. The largest absolute Gasteiger partial charge is 0.389 e. The van der Waals surface area contributed by atoms with Gasteiger partial charge in [0.25, 0.3) is 0 Å². The Balaban J connectivity index is 2.84. The van der Waals surface area contributed by atoms with Gasteiger partial charge in [-0.25, -0.2) is 0 Å². The molecule has 1 rings (SSSR count). The second-order valence-electron chi connectivity index (χ2n) is 3.84. The molecule has 0 aliphatic heterocycles. The first-order valence-electron chi connectivity index (χ1n) is 5.21. The molecule has 0 aliphatic rings. The number of hydrogen-bond acceptors (Lipinski definition) is 3. The van der Waals surface area contributed by atoms with E-state index in [-0.39, 0.29) is 6.10 Å². The fourth-order valence-corrected chi connectivity index (χ4v) is 1.53. The Hall–Kier alpha value is -1.13. The molecule has 0 heterocycles. The zero-order valence-electron chi connectivity index (χ0n) is 9.91. The first-order valence-corrected chi connectivity index (χ1v) is 5.62. The Morgan fingerprint density at radius 1 is 1.56 bits per heavy atom. The van der Waals surface area contributed by atoms with Crippen molar-refractivity contribution < 1.29 is 4.74 Å². The molecule has 0 radical (unpaired) electrons. The van der Waals surface area contributed by atoms with Crippen LogP contribution in [0.3, 0.4) is 0 Å². The lowest BCUT2D eigenvalue weighted by Gasteiger charge is -2.15. The maximum Gasteiger partial charge on any atom is 0.106 e. The highest BCUT2D eigenvalue weighted by atomic mass is 32.1. The number of hydrogen-bond donors (Lipinski definition) is 2. The van der Waals surface area contributed by atoms with Gasteiger partial charge in [-0.05, 0) is 31.5 Å². The quantitative estimate of drug-likeness (QED) is 0.771. The molecule has 0 aromatic heterocycles. The topological polar surface area (TPSA) is 47.3 Å². The number of benzene rings is 1. The predicted octanol–water partition coefficient (Wildman–Crippen LogP) is 2.08. The summed E-state index contributed by atoms with van der Waals surface area (Å²) in [6.07, 6.45) is 0.153. The van der Waals surface area contributed by atoms with Crippen LogP contribution in [-0.2, 0) is 4.74 Å². The highest BCUT2D eigenvalue weighted by Gasteiger charge is 2.06. The van der Waals surface area contributed by atoms with Gasteiger partial charge in [0.15, 0.2) is 0 Å². The van der Waals surface area contributed by atoms with Crippen molar-refractivity contribution in [3.63, 3.8) is 0 Å². The molecule has 1 aromatic carbocycles. The van der Waals surface area contributed by atoms with Gasteiger partial charge in [-0.2, -0.15) is 0 Å². The Morgan fingerprint density at radius 2 is 2.25 bits per heavy atom. The van der Waals surface area contributed by atoms with E-state index in [1.54, 1.807) is 7.11 Å². The lowest BCUT2D eigenvalue weighted by atomic mass is 10.1. The molecule has 0 bridgehead atoms.